The summed E-state index contributed by atoms with van der Waals surface area (Å²) in [7, 11) is 0. The summed E-state index contributed by atoms with van der Waals surface area (Å²) in [5.41, 5.74) is 2.51. The highest BCUT2D eigenvalue weighted by atomic mass is 15.2. The lowest BCUT2D eigenvalue weighted by Gasteiger charge is -2.30. The van der Waals surface area contributed by atoms with Gasteiger partial charge in [-0.15, -0.1) is 0 Å². The van der Waals surface area contributed by atoms with E-state index in [2.05, 4.69) is 54.4 Å². The zero-order valence-electron chi connectivity index (χ0n) is 11.2. The van der Waals surface area contributed by atoms with Crippen LogP contribution < -0.4 is 10.2 Å². The topological polar surface area (TPSA) is 39.1 Å². The van der Waals surface area contributed by atoms with Crippen LogP contribution in [0.4, 0.5) is 5.69 Å². The Balaban J connectivity index is 2.23. The van der Waals surface area contributed by atoms with Crippen molar-refractivity contribution in [3.05, 3.63) is 29.8 Å². The van der Waals surface area contributed by atoms with Crippen LogP contribution in [-0.2, 0) is 0 Å². The molecule has 0 bridgehead atoms. The number of nitriles is 1. The van der Waals surface area contributed by atoms with Gasteiger partial charge in [0.15, 0.2) is 0 Å². The van der Waals surface area contributed by atoms with Crippen molar-refractivity contribution in [2.75, 3.05) is 18.0 Å². The van der Waals surface area contributed by atoms with Crippen LogP contribution in [0.15, 0.2) is 24.3 Å². The molecule has 0 aliphatic carbocycles. The van der Waals surface area contributed by atoms with E-state index in [9.17, 15) is 0 Å². The molecule has 1 aromatic rings. The lowest BCUT2D eigenvalue weighted by molar-refractivity contribution is 0.538. The van der Waals surface area contributed by atoms with E-state index in [0.29, 0.717) is 12.5 Å². The molecule has 1 aliphatic rings. The van der Waals surface area contributed by atoms with Crippen molar-refractivity contribution in [1.82, 2.24) is 5.32 Å². The molecule has 96 valence electrons. The predicted octanol–water partition coefficient (Wildman–Crippen LogP) is 2.47. The Kier molecular flexibility index (Phi) is 4.22. The zero-order chi connectivity index (χ0) is 13.0. The molecule has 3 nitrogen and oxygen atoms in total. The minimum Gasteiger partial charge on any atom is -0.366 e. The molecular formula is C15H21N3. The molecule has 1 aliphatic heterocycles. The highest BCUT2D eigenvalue weighted by molar-refractivity contribution is 5.49. The van der Waals surface area contributed by atoms with Crippen LogP contribution in [0.25, 0.3) is 0 Å². The summed E-state index contributed by atoms with van der Waals surface area (Å²) < 4.78 is 0. The van der Waals surface area contributed by atoms with Crippen molar-refractivity contribution < 1.29 is 0 Å². The number of benzene rings is 1. The lowest BCUT2D eigenvalue weighted by atomic mass is 10.1. The first kappa shape index (κ1) is 12.9. The monoisotopic (exact) mass is 243 g/mol. The second-order valence-electron chi connectivity index (χ2n) is 5.15. The third-order valence-corrected chi connectivity index (χ3v) is 3.61. The molecule has 2 rings (SSSR count). The van der Waals surface area contributed by atoms with E-state index in [1.807, 2.05) is 0 Å². The molecule has 2 atom stereocenters. The predicted molar refractivity (Wildman–Crippen MR) is 74.6 cm³/mol. The van der Waals surface area contributed by atoms with Gasteiger partial charge in [0.1, 0.15) is 0 Å². The average Bonchev–Trinajstić information content (AvgIpc) is 2.53. The number of nitrogens with zero attached hydrogens (tertiary/aromatic N) is 2. The highest BCUT2D eigenvalue weighted by Crippen LogP contribution is 2.22. The number of nitrogens with one attached hydrogen (secondary N) is 1. The van der Waals surface area contributed by atoms with Crippen molar-refractivity contribution >= 4 is 5.69 Å². The smallest absolute Gasteiger partial charge is 0.0643 e. The maximum Gasteiger partial charge on any atom is 0.0643 e. The van der Waals surface area contributed by atoms with Gasteiger partial charge in [0, 0.05) is 24.8 Å². The highest BCUT2D eigenvalue weighted by Gasteiger charge is 2.23. The molecule has 1 N–H and O–H groups in total. The van der Waals surface area contributed by atoms with E-state index in [1.165, 1.54) is 11.3 Å². The van der Waals surface area contributed by atoms with Gasteiger partial charge in [-0.2, -0.15) is 5.26 Å². The Hall–Kier alpha value is -1.53. The van der Waals surface area contributed by atoms with E-state index in [-0.39, 0.29) is 6.04 Å². The number of anilines is 1. The third kappa shape index (κ3) is 3.02. The summed E-state index contributed by atoms with van der Waals surface area (Å²) in [6.45, 7) is 6.23. The van der Waals surface area contributed by atoms with Crippen LogP contribution in [0.5, 0.6) is 0 Å². The molecular weight excluding hydrogens is 222 g/mol. The second-order valence-corrected chi connectivity index (χ2v) is 5.15. The van der Waals surface area contributed by atoms with Crippen LogP contribution in [0.1, 0.15) is 25.3 Å². The third-order valence-electron chi connectivity index (χ3n) is 3.61. The first-order valence-electron chi connectivity index (χ1n) is 6.64. The standard InChI is InChI=1S/C15H21N3/c1-12-4-3-5-14(10-12)18-9-7-13(2)17-11-15(18)6-8-16/h3-5,10,13,15,17H,6-7,9,11H2,1-2H3. The van der Waals surface area contributed by atoms with Gasteiger partial charge in [0.2, 0.25) is 0 Å². The van der Waals surface area contributed by atoms with Gasteiger partial charge < -0.3 is 10.2 Å². The van der Waals surface area contributed by atoms with Gasteiger partial charge in [0.25, 0.3) is 0 Å². The van der Waals surface area contributed by atoms with Crippen LogP contribution >= 0.6 is 0 Å². The largest absolute Gasteiger partial charge is 0.366 e. The molecule has 0 saturated carbocycles. The van der Waals surface area contributed by atoms with E-state index in [1.54, 1.807) is 0 Å². The first-order valence-corrected chi connectivity index (χ1v) is 6.64. The van der Waals surface area contributed by atoms with Gasteiger partial charge in [-0.1, -0.05) is 12.1 Å². The summed E-state index contributed by atoms with van der Waals surface area (Å²) in [5, 5.41) is 12.5. The van der Waals surface area contributed by atoms with Crippen LogP contribution in [-0.4, -0.2) is 25.2 Å². The molecule has 0 amide bonds. The molecule has 0 aromatic heterocycles. The molecule has 1 heterocycles. The van der Waals surface area contributed by atoms with Gasteiger partial charge in [-0.05, 0) is 38.0 Å². The molecule has 0 radical (unpaired) electrons. The quantitative estimate of drug-likeness (QED) is 0.867. The summed E-state index contributed by atoms with van der Waals surface area (Å²) in [4.78, 5) is 2.38. The Morgan fingerprint density at radius 1 is 1.50 bits per heavy atom. The first-order chi connectivity index (χ1) is 8.70. The maximum atomic E-state index is 8.99. The van der Waals surface area contributed by atoms with E-state index < -0.39 is 0 Å². The van der Waals surface area contributed by atoms with Crippen molar-refractivity contribution in [2.24, 2.45) is 0 Å². The number of hydrogen-bond donors (Lipinski definition) is 1. The summed E-state index contributed by atoms with van der Waals surface area (Å²) in [5.74, 6) is 0. The van der Waals surface area contributed by atoms with E-state index >= 15 is 0 Å². The Labute approximate surface area is 109 Å². The molecule has 18 heavy (non-hydrogen) atoms. The Morgan fingerprint density at radius 3 is 3.06 bits per heavy atom. The zero-order valence-corrected chi connectivity index (χ0v) is 11.2. The maximum absolute atomic E-state index is 8.99. The Bertz CT molecular complexity index is 436. The minimum absolute atomic E-state index is 0.279. The summed E-state index contributed by atoms with van der Waals surface area (Å²) >= 11 is 0. The van der Waals surface area contributed by atoms with Crippen LogP contribution in [0.3, 0.4) is 0 Å². The molecule has 3 heteroatoms. The van der Waals surface area contributed by atoms with Crippen molar-refractivity contribution in [1.29, 1.82) is 5.26 Å². The van der Waals surface area contributed by atoms with E-state index in [0.717, 1.165) is 19.5 Å². The molecule has 2 unspecified atom stereocenters. The average molecular weight is 243 g/mol. The fraction of sp³-hybridized carbons (Fsp3) is 0.533. The van der Waals surface area contributed by atoms with Gasteiger partial charge >= 0.3 is 0 Å². The number of hydrogen-bond acceptors (Lipinski definition) is 3. The fourth-order valence-electron chi connectivity index (χ4n) is 2.50. The number of rotatable bonds is 2. The van der Waals surface area contributed by atoms with Gasteiger partial charge in [-0.25, -0.2) is 0 Å². The second kappa shape index (κ2) is 5.88. The molecule has 0 spiro atoms. The van der Waals surface area contributed by atoms with Crippen molar-refractivity contribution in [3.63, 3.8) is 0 Å². The minimum atomic E-state index is 0.279. The van der Waals surface area contributed by atoms with Gasteiger partial charge in [0.05, 0.1) is 18.5 Å². The van der Waals surface area contributed by atoms with Crippen LogP contribution in [0, 0.1) is 18.3 Å². The van der Waals surface area contributed by atoms with Crippen LogP contribution in [0.2, 0.25) is 0 Å². The van der Waals surface area contributed by atoms with Gasteiger partial charge in [-0.3, -0.25) is 0 Å². The molecule has 1 fully saturated rings. The van der Waals surface area contributed by atoms with E-state index in [4.69, 9.17) is 5.26 Å². The Morgan fingerprint density at radius 2 is 2.33 bits per heavy atom. The fourth-order valence-corrected chi connectivity index (χ4v) is 2.50. The SMILES string of the molecule is Cc1cccc(N2CCC(C)NCC2CC#N)c1. The normalized spacial score (nSPS) is 24.4. The summed E-state index contributed by atoms with van der Waals surface area (Å²) in [6, 6.07) is 11.7. The van der Waals surface area contributed by atoms with Crippen molar-refractivity contribution in [2.45, 2.75) is 38.8 Å². The molecule has 1 aromatic carbocycles. The lowest BCUT2D eigenvalue weighted by Crippen LogP contribution is -2.40. The molecule has 1 saturated heterocycles. The van der Waals surface area contributed by atoms with Crippen molar-refractivity contribution in [3.8, 4) is 6.07 Å². The number of aryl methyl sites for hydroxylation is 1. The summed E-state index contributed by atoms with van der Waals surface area (Å²) in [6.07, 6.45) is 1.70.